The third-order valence-corrected chi connectivity index (χ3v) is 4.78. The zero-order valence-electron chi connectivity index (χ0n) is 14.5. The number of methoxy groups -OCH3 is 2. The molecular weight excluding hydrogens is 288 g/mol. The van der Waals surface area contributed by atoms with Crippen LogP contribution < -0.4 is 0 Å². The van der Waals surface area contributed by atoms with Gasteiger partial charge in [0.05, 0.1) is 0 Å². The molecular formula is C20H28O3. The lowest BCUT2D eigenvalue weighted by Crippen LogP contribution is -2.31. The van der Waals surface area contributed by atoms with E-state index in [9.17, 15) is 5.11 Å². The lowest BCUT2D eigenvalue weighted by atomic mass is 9.87. The molecule has 0 unspecified atom stereocenters. The van der Waals surface area contributed by atoms with Crippen molar-refractivity contribution >= 4 is 0 Å². The molecule has 1 fully saturated rings. The molecule has 0 aliphatic heterocycles. The number of rotatable bonds is 6. The summed E-state index contributed by atoms with van der Waals surface area (Å²) in [6, 6.07) is 8.13. The molecule has 0 aromatic heterocycles. The SMILES string of the molecule is COC(CCC[C@H]1CCC[C@]1(O)C#Cc1ccc(C)cc1)OC. The molecule has 0 bridgehead atoms. The molecule has 2 atom stereocenters. The van der Waals surface area contributed by atoms with E-state index < -0.39 is 5.60 Å². The van der Waals surface area contributed by atoms with Crippen LogP contribution in [0.2, 0.25) is 0 Å². The Morgan fingerprint density at radius 3 is 2.61 bits per heavy atom. The second-order valence-electron chi connectivity index (χ2n) is 6.46. The van der Waals surface area contributed by atoms with Gasteiger partial charge in [-0.15, -0.1) is 0 Å². The van der Waals surface area contributed by atoms with Crippen molar-refractivity contribution in [3.63, 3.8) is 0 Å². The van der Waals surface area contributed by atoms with Crippen LogP contribution in [0.4, 0.5) is 0 Å². The van der Waals surface area contributed by atoms with Gasteiger partial charge in [0.25, 0.3) is 0 Å². The largest absolute Gasteiger partial charge is 0.377 e. The molecule has 1 aliphatic carbocycles. The van der Waals surface area contributed by atoms with Crippen LogP contribution in [0.25, 0.3) is 0 Å². The summed E-state index contributed by atoms with van der Waals surface area (Å²) in [6.45, 7) is 2.06. The number of ether oxygens (including phenoxy) is 2. The minimum absolute atomic E-state index is 0.150. The quantitative estimate of drug-likeness (QED) is 0.643. The minimum atomic E-state index is -0.847. The van der Waals surface area contributed by atoms with Gasteiger partial charge in [-0.1, -0.05) is 29.5 Å². The van der Waals surface area contributed by atoms with Crippen LogP contribution in [0.15, 0.2) is 24.3 Å². The Bertz CT molecular complexity index is 536. The lowest BCUT2D eigenvalue weighted by Gasteiger charge is -2.25. The second-order valence-corrected chi connectivity index (χ2v) is 6.46. The highest BCUT2D eigenvalue weighted by atomic mass is 16.7. The van der Waals surface area contributed by atoms with Crippen LogP contribution in [0, 0.1) is 24.7 Å². The summed E-state index contributed by atoms with van der Waals surface area (Å²) in [5.41, 5.74) is 1.34. The molecule has 0 heterocycles. The number of benzene rings is 1. The Labute approximate surface area is 140 Å². The Hall–Kier alpha value is -1.34. The molecule has 1 aliphatic rings. The van der Waals surface area contributed by atoms with E-state index in [1.165, 1.54) is 5.56 Å². The molecule has 0 saturated heterocycles. The van der Waals surface area contributed by atoms with E-state index in [2.05, 4.69) is 30.9 Å². The maximum atomic E-state index is 10.9. The topological polar surface area (TPSA) is 38.7 Å². The third-order valence-electron chi connectivity index (χ3n) is 4.78. The standard InChI is InChI=1S/C20H28O3/c1-16-9-11-17(12-10-16)13-15-20(21)14-5-7-18(20)6-4-8-19(22-2)23-3/h9-12,18-19,21H,4-8,14H2,1-3H3/t18-,20-/m0/s1. The molecule has 1 saturated carbocycles. The second kappa shape index (κ2) is 8.49. The van der Waals surface area contributed by atoms with Crippen LogP contribution >= 0.6 is 0 Å². The van der Waals surface area contributed by atoms with Crippen molar-refractivity contribution in [3.8, 4) is 11.8 Å². The van der Waals surface area contributed by atoms with Gasteiger partial charge in [0, 0.05) is 19.8 Å². The van der Waals surface area contributed by atoms with E-state index in [0.717, 1.165) is 44.1 Å². The van der Waals surface area contributed by atoms with Crippen LogP contribution in [-0.4, -0.2) is 31.2 Å². The molecule has 1 aromatic carbocycles. The average molecular weight is 316 g/mol. The summed E-state index contributed by atoms with van der Waals surface area (Å²) < 4.78 is 10.4. The molecule has 1 N–H and O–H groups in total. The third kappa shape index (κ3) is 5.07. The first kappa shape index (κ1) is 18.0. The monoisotopic (exact) mass is 316 g/mol. The van der Waals surface area contributed by atoms with Gasteiger partial charge in [-0.05, 0) is 63.5 Å². The number of aryl methyl sites for hydroxylation is 1. The van der Waals surface area contributed by atoms with Crippen molar-refractivity contribution in [2.24, 2.45) is 5.92 Å². The van der Waals surface area contributed by atoms with Gasteiger partial charge in [-0.2, -0.15) is 0 Å². The maximum Gasteiger partial charge on any atom is 0.156 e. The molecule has 2 rings (SSSR count). The zero-order valence-corrected chi connectivity index (χ0v) is 14.5. The van der Waals surface area contributed by atoms with E-state index >= 15 is 0 Å². The van der Waals surface area contributed by atoms with Gasteiger partial charge < -0.3 is 14.6 Å². The predicted octanol–water partition coefficient (Wildman–Crippen LogP) is 3.67. The highest BCUT2D eigenvalue weighted by Gasteiger charge is 2.39. The first-order valence-electron chi connectivity index (χ1n) is 8.45. The first-order valence-corrected chi connectivity index (χ1v) is 8.45. The molecule has 0 amide bonds. The Kier molecular flexibility index (Phi) is 6.65. The van der Waals surface area contributed by atoms with E-state index in [1.807, 2.05) is 12.1 Å². The zero-order chi connectivity index (χ0) is 16.7. The minimum Gasteiger partial charge on any atom is -0.377 e. The predicted molar refractivity (Wildman–Crippen MR) is 92.0 cm³/mol. The number of hydrogen-bond acceptors (Lipinski definition) is 3. The normalized spacial score (nSPS) is 23.8. The number of aliphatic hydroxyl groups is 1. The van der Waals surface area contributed by atoms with Crippen LogP contribution in [0.5, 0.6) is 0 Å². The van der Waals surface area contributed by atoms with E-state index in [0.29, 0.717) is 0 Å². The van der Waals surface area contributed by atoms with E-state index in [-0.39, 0.29) is 12.2 Å². The summed E-state index contributed by atoms with van der Waals surface area (Å²) in [5.74, 6) is 6.55. The lowest BCUT2D eigenvalue weighted by molar-refractivity contribution is -0.108. The van der Waals surface area contributed by atoms with Crippen LogP contribution in [-0.2, 0) is 9.47 Å². The van der Waals surface area contributed by atoms with E-state index in [4.69, 9.17) is 9.47 Å². The van der Waals surface area contributed by atoms with Crippen molar-refractivity contribution in [1.82, 2.24) is 0 Å². The van der Waals surface area contributed by atoms with Gasteiger partial charge in [0.15, 0.2) is 6.29 Å². The highest BCUT2D eigenvalue weighted by molar-refractivity contribution is 5.38. The van der Waals surface area contributed by atoms with Crippen LogP contribution in [0.1, 0.15) is 49.7 Å². The van der Waals surface area contributed by atoms with Gasteiger partial charge in [-0.3, -0.25) is 0 Å². The number of hydrogen-bond donors (Lipinski definition) is 1. The van der Waals surface area contributed by atoms with Gasteiger partial charge in [0.2, 0.25) is 0 Å². The average Bonchev–Trinajstić information content (AvgIpc) is 2.92. The van der Waals surface area contributed by atoms with Gasteiger partial charge in [-0.25, -0.2) is 0 Å². The molecule has 126 valence electrons. The molecule has 3 heteroatoms. The van der Waals surface area contributed by atoms with Crippen molar-refractivity contribution in [2.45, 2.75) is 57.3 Å². The summed E-state index contributed by atoms with van der Waals surface area (Å²) in [4.78, 5) is 0. The van der Waals surface area contributed by atoms with Crippen molar-refractivity contribution in [2.75, 3.05) is 14.2 Å². The molecule has 0 spiro atoms. The Balaban J connectivity index is 1.95. The molecule has 3 nitrogen and oxygen atoms in total. The first-order chi connectivity index (χ1) is 11.1. The summed E-state index contributed by atoms with van der Waals surface area (Å²) in [6.07, 6.45) is 5.50. The fourth-order valence-corrected chi connectivity index (χ4v) is 3.29. The van der Waals surface area contributed by atoms with Gasteiger partial charge >= 0.3 is 0 Å². The Morgan fingerprint density at radius 1 is 1.26 bits per heavy atom. The fraction of sp³-hybridized carbons (Fsp3) is 0.600. The molecule has 0 radical (unpaired) electrons. The van der Waals surface area contributed by atoms with Crippen molar-refractivity contribution < 1.29 is 14.6 Å². The Morgan fingerprint density at radius 2 is 1.96 bits per heavy atom. The summed E-state index contributed by atoms with van der Waals surface area (Å²) >= 11 is 0. The van der Waals surface area contributed by atoms with Gasteiger partial charge in [0.1, 0.15) is 5.60 Å². The molecule has 1 aromatic rings. The van der Waals surface area contributed by atoms with E-state index in [1.54, 1.807) is 14.2 Å². The summed E-state index contributed by atoms with van der Waals surface area (Å²) in [5, 5.41) is 10.9. The molecule has 23 heavy (non-hydrogen) atoms. The smallest absolute Gasteiger partial charge is 0.156 e. The highest BCUT2D eigenvalue weighted by Crippen LogP contribution is 2.38. The fourth-order valence-electron chi connectivity index (χ4n) is 3.29. The van der Waals surface area contributed by atoms with Crippen LogP contribution in [0.3, 0.4) is 0 Å². The van der Waals surface area contributed by atoms with Crippen molar-refractivity contribution in [3.05, 3.63) is 35.4 Å². The van der Waals surface area contributed by atoms with Crippen molar-refractivity contribution in [1.29, 1.82) is 0 Å². The maximum absolute atomic E-state index is 10.9. The summed E-state index contributed by atoms with van der Waals surface area (Å²) in [7, 11) is 3.32.